The first-order chi connectivity index (χ1) is 6.58. The van der Waals surface area contributed by atoms with Crippen molar-refractivity contribution in [2.45, 2.75) is 0 Å². The van der Waals surface area contributed by atoms with Crippen LogP contribution in [0.15, 0.2) is 17.2 Å². The van der Waals surface area contributed by atoms with Gasteiger partial charge in [-0.1, -0.05) is 23.2 Å². The SMILES string of the molecule is NC(=S)N/N=C/c1cc(Cl)nc(Cl)c1. The Morgan fingerprint density at radius 3 is 2.57 bits per heavy atom. The number of thiocarbonyl (C=S) groups is 1. The van der Waals surface area contributed by atoms with Gasteiger partial charge in [-0.15, -0.1) is 0 Å². The zero-order chi connectivity index (χ0) is 10.6. The minimum absolute atomic E-state index is 0.0903. The van der Waals surface area contributed by atoms with Gasteiger partial charge in [0.25, 0.3) is 0 Å². The molecule has 7 heteroatoms. The van der Waals surface area contributed by atoms with Gasteiger partial charge in [0.2, 0.25) is 0 Å². The molecule has 1 aromatic heterocycles. The van der Waals surface area contributed by atoms with E-state index in [4.69, 9.17) is 28.9 Å². The summed E-state index contributed by atoms with van der Waals surface area (Å²) >= 11 is 15.9. The molecule has 0 fully saturated rings. The molecule has 0 saturated heterocycles. The van der Waals surface area contributed by atoms with Gasteiger partial charge in [-0.3, -0.25) is 5.43 Å². The summed E-state index contributed by atoms with van der Waals surface area (Å²) in [7, 11) is 0. The Kier molecular flexibility index (Phi) is 4.06. The molecule has 0 aliphatic rings. The molecular formula is C7H6Cl2N4S. The molecule has 0 saturated carbocycles. The van der Waals surface area contributed by atoms with E-state index in [-0.39, 0.29) is 5.11 Å². The second-order valence-electron chi connectivity index (χ2n) is 2.28. The van der Waals surface area contributed by atoms with Crippen LogP contribution in [-0.2, 0) is 0 Å². The molecule has 0 atom stereocenters. The van der Waals surface area contributed by atoms with E-state index in [2.05, 4.69) is 27.7 Å². The molecule has 4 nitrogen and oxygen atoms in total. The van der Waals surface area contributed by atoms with E-state index in [1.807, 2.05) is 0 Å². The van der Waals surface area contributed by atoms with Crippen molar-refractivity contribution in [2.24, 2.45) is 10.8 Å². The van der Waals surface area contributed by atoms with E-state index in [9.17, 15) is 0 Å². The second-order valence-corrected chi connectivity index (χ2v) is 3.49. The van der Waals surface area contributed by atoms with E-state index >= 15 is 0 Å². The number of hydrogen-bond acceptors (Lipinski definition) is 3. The maximum absolute atomic E-state index is 5.66. The molecule has 3 N–H and O–H groups in total. The highest BCUT2D eigenvalue weighted by Crippen LogP contribution is 2.12. The fraction of sp³-hybridized carbons (Fsp3) is 0. The topological polar surface area (TPSA) is 63.3 Å². The fourth-order valence-electron chi connectivity index (χ4n) is 0.728. The van der Waals surface area contributed by atoms with Gasteiger partial charge >= 0.3 is 0 Å². The third kappa shape index (κ3) is 3.87. The van der Waals surface area contributed by atoms with Gasteiger partial charge in [0.05, 0.1) is 6.21 Å². The van der Waals surface area contributed by atoms with Gasteiger partial charge in [0.1, 0.15) is 10.3 Å². The molecule has 0 bridgehead atoms. The van der Waals surface area contributed by atoms with Gasteiger partial charge in [0.15, 0.2) is 5.11 Å². The van der Waals surface area contributed by atoms with Crippen molar-refractivity contribution in [1.29, 1.82) is 0 Å². The maximum atomic E-state index is 5.66. The molecule has 0 aromatic carbocycles. The Hall–Kier alpha value is -0.910. The summed E-state index contributed by atoms with van der Waals surface area (Å²) in [5.41, 5.74) is 8.27. The summed E-state index contributed by atoms with van der Waals surface area (Å²) in [5, 5.41) is 4.43. The molecule has 0 unspecified atom stereocenters. The van der Waals surface area contributed by atoms with E-state index in [0.717, 1.165) is 0 Å². The number of nitrogens with zero attached hydrogens (tertiary/aromatic N) is 2. The van der Waals surface area contributed by atoms with Crippen molar-refractivity contribution >= 4 is 46.7 Å². The summed E-state index contributed by atoms with van der Waals surface area (Å²) in [4.78, 5) is 3.78. The maximum Gasteiger partial charge on any atom is 0.184 e. The van der Waals surface area contributed by atoms with Crippen molar-refractivity contribution in [3.63, 3.8) is 0 Å². The van der Waals surface area contributed by atoms with E-state index in [1.165, 1.54) is 6.21 Å². The predicted octanol–water partition coefficient (Wildman–Crippen LogP) is 1.56. The van der Waals surface area contributed by atoms with Crippen molar-refractivity contribution < 1.29 is 0 Å². The largest absolute Gasteiger partial charge is 0.375 e. The van der Waals surface area contributed by atoms with Gasteiger partial charge in [-0.05, 0) is 24.4 Å². The van der Waals surface area contributed by atoms with Crippen molar-refractivity contribution in [2.75, 3.05) is 0 Å². The number of hydrogen-bond donors (Lipinski definition) is 2. The average Bonchev–Trinajstić information content (AvgIpc) is 2.01. The Labute approximate surface area is 96.1 Å². The number of nitrogens with one attached hydrogen (secondary N) is 1. The monoisotopic (exact) mass is 248 g/mol. The lowest BCUT2D eigenvalue weighted by Gasteiger charge is -1.96. The lowest BCUT2D eigenvalue weighted by atomic mass is 10.3. The zero-order valence-corrected chi connectivity index (χ0v) is 9.20. The van der Waals surface area contributed by atoms with Crippen LogP contribution in [0.3, 0.4) is 0 Å². The van der Waals surface area contributed by atoms with Crippen LogP contribution in [0, 0.1) is 0 Å². The van der Waals surface area contributed by atoms with Crippen molar-refractivity contribution in [1.82, 2.24) is 10.4 Å². The number of hydrazone groups is 1. The minimum Gasteiger partial charge on any atom is -0.375 e. The normalized spacial score (nSPS) is 10.4. The van der Waals surface area contributed by atoms with Gasteiger partial charge in [-0.2, -0.15) is 5.10 Å². The molecule has 74 valence electrons. The minimum atomic E-state index is 0.0903. The zero-order valence-electron chi connectivity index (χ0n) is 6.87. The van der Waals surface area contributed by atoms with E-state index < -0.39 is 0 Å². The lowest BCUT2D eigenvalue weighted by Crippen LogP contribution is -2.23. The quantitative estimate of drug-likeness (QED) is 0.361. The molecule has 1 rings (SSSR count). The first kappa shape index (κ1) is 11.2. The molecule has 0 aliphatic heterocycles. The Bertz CT molecular complexity index is 360. The van der Waals surface area contributed by atoms with Crippen molar-refractivity contribution in [3.8, 4) is 0 Å². The lowest BCUT2D eigenvalue weighted by molar-refractivity contribution is 1.04. The Morgan fingerprint density at radius 2 is 2.07 bits per heavy atom. The standard InChI is InChI=1S/C7H6Cl2N4S/c8-5-1-4(2-6(9)12-5)3-11-13-7(10)14/h1-3H,(H3,10,13,14)/b11-3+. The Morgan fingerprint density at radius 1 is 1.50 bits per heavy atom. The molecule has 0 aliphatic carbocycles. The van der Waals surface area contributed by atoms with Gasteiger partial charge in [-0.25, -0.2) is 4.98 Å². The molecule has 0 amide bonds. The summed E-state index contributed by atoms with van der Waals surface area (Å²) in [5.74, 6) is 0. The number of aromatic nitrogens is 1. The third-order valence-corrected chi connectivity index (χ3v) is 1.65. The fourth-order valence-corrected chi connectivity index (χ4v) is 1.26. The average molecular weight is 249 g/mol. The summed E-state index contributed by atoms with van der Waals surface area (Å²) in [6.45, 7) is 0. The van der Waals surface area contributed by atoms with Crippen LogP contribution in [0.4, 0.5) is 0 Å². The molecule has 0 radical (unpaired) electrons. The molecule has 1 heterocycles. The highest BCUT2D eigenvalue weighted by atomic mass is 35.5. The van der Waals surface area contributed by atoms with Crippen LogP contribution in [0.25, 0.3) is 0 Å². The number of pyridine rings is 1. The van der Waals surface area contributed by atoms with Crippen LogP contribution in [-0.4, -0.2) is 16.3 Å². The van der Waals surface area contributed by atoms with Gasteiger partial charge < -0.3 is 5.73 Å². The number of rotatable bonds is 2. The van der Waals surface area contributed by atoms with Crippen LogP contribution in [0.5, 0.6) is 0 Å². The van der Waals surface area contributed by atoms with E-state index in [1.54, 1.807) is 12.1 Å². The molecular weight excluding hydrogens is 243 g/mol. The van der Waals surface area contributed by atoms with Crippen molar-refractivity contribution in [3.05, 3.63) is 28.0 Å². The molecule has 1 aromatic rings. The number of nitrogens with two attached hydrogens (primary N) is 1. The highest BCUT2D eigenvalue weighted by Gasteiger charge is 1.96. The molecule has 0 spiro atoms. The first-order valence-corrected chi connectivity index (χ1v) is 4.66. The molecule has 14 heavy (non-hydrogen) atoms. The van der Waals surface area contributed by atoms with Crippen LogP contribution in [0.1, 0.15) is 5.56 Å². The number of halogens is 2. The van der Waals surface area contributed by atoms with E-state index in [0.29, 0.717) is 15.9 Å². The first-order valence-electron chi connectivity index (χ1n) is 3.49. The van der Waals surface area contributed by atoms with Crippen LogP contribution < -0.4 is 11.2 Å². The smallest absolute Gasteiger partial charge is 0.184 e. The summed E-state index contributed by atoms with van der Waals surface area (Å²) in [6, 6.07) is 3.22. The summed E-state index contributed by atoms with van der Waals surface area (Å²) in [6.07, 6.45) is 1.48. The second kappa shape index (κ2) is 5.09. The predicted molar refractivity (Wildman–Crippen MR) is 61.8 cm³/mol. The highest BCUT2D eigenvalue weighted by molar-refractivity contribution is 7.80. The van der Waals surface area contributed by atoms with Crippen LogP contribution in [0.2, 0.25) is 10.3 Å². The summed E-state index contributed by atoms with van der Waals surface area (Å²) < 4.78 is 0. The van der Waals surface area contributed by atoms with Crippen LogP contribution >= 0.6 is 35.4 Å². The third-order valence-electron chi connectivity index (χ3n) is 1.17. The Balaban J connectivity index is 2.76. The van der Waals surface area contributed by atoms with Gasteiger partial charge in [0, 0.05) is 5.56 Å².